The van der Waals surface area contributed by atoms with Crippen LogP contribution in [0.4, 0.5) is 0 Å². The fraction of sp³-hybridized carbons (Fsp3) is 0.500. The number of halogens is 1. The minimum Gasteiger partial charge on any atom is -0.482 e. The Morgan fingerprint density at radius 3 is 2.79 bits per heavy atom. The number of ether oxygens (including phenoxy) is 2. The predicted octanol–water partition coefficient (Wildman–Crippen LogP) is 2.78. The number of carbonyl (C=O) groups excluding carboxylic acids is 1. The van der Waals surface area contributed by atoms with Gasteiger partial charge >= 0.3 is 5.97 Å². The molecule has 0 unspecified atom stereocenters. The monoisotopic (exact) mass is 285 g/mol. The van der Waals surface area contributed by atoms with Gasteiger partial charge in [0.05, 0.1) is 6.61 Å². The lowest BCUT2D eigenvalue weighted by Gasteiger charge is -2.13. The van der Waals surface area contributed by atoms with E-state index >= 15 is 0 Å². The molecule has 5 heteroatoms. The van der Waals surface area contributed by atoms with Gasteiger partial charge in [0.1, 0.15) is 5.75 Å². The summed E-state index contributed by atoms with van der Waals surface area (Å²) in [7, 11) is 0. The molecule has 0 saturated heterocycles. The first-order valence-corrected chi connectivity index (χ1v) is 6.71. The van der Waals surface area contributed by atoms with E-state index in [1.807, 2.05) is 6.07 Å². The second-order valence-corrected chi connectivity index (χ2v) is 4.82. The van der Waals surface area contributed by atoms with E-state index < -0.39 is 0 Å². The number of hydrogen-bond acceptors (Lipinski definition) is 4. The van der Waals surface area contributed by atoms with Gasteiger partial charge in [-0.05, 0) is 25.1 Å². The summed E-state index contributed by atoms with van der Waals surface area (Å²) in [5.74, 6) is 0.269. The number of esters is 1. The molecule has 0 fully saturated rings. The second-order valence-electron chi connectivity index (χ2n) is 4.38. The summed E-state index contributed by atoms with van der Waals surface area (Å²) in [5.41, 5.74) is 0.922. The van der Waals surface area contributed by atoms with Crippen molar-refractivity contribution in [2.75, 3.05) is 13.2 Å². The van der Waals surface area contributed by atoms with Gasteiger partial charge in [-0.2, -0.15) is 0 Å². The van der Waals surface area contributed by atoms with Crippen LogP contribution in [0.2, 0.25) is 5.02 Å². The van der Waals surface area contributed by atoms with Gasteiger partial charge in [-0.3, -0.25) is 0 Å². The number of hydrogen-bond donors (Lipinski definition) is 1. The molecule has 0 heterocycles. The summed E-state index contributed by atoms with van der Waals surface area (Å²) < 4.78 is 10.3. The van der Waals surface area contributed by atoms with Crippen molar-refractivity contribution in [2.45, 2.75) is 33.4 Å². The van der Waals surface area contributed by atoms with Crippen molar-refractivity contribution >= 4 is 17.6 Å². The van der Waals surface area contributed by atoms with E-state index in [-0.39, 0.29) is 12.6 Å². The molecular weight excluding hydrogens is 266 g/mol. The third-order valence-electron chi connectivity index (χ3n) is 2.37. The zero-order valence-corrected chi connectivity index (χ0v) is 12.3. The van der Waals surface area contributed by atoms with Gasteiger partial charge in [-0.1, -0.05) is 25.4 Å². The third kappa shape index (κ3) is 5.94. The first-order chi connectivity index (χ1) is 9.02. The van der Waals surface area contributed by atoms with Crippen molar-refractivity contribution in [3.8, 4) is 5.75 Å². The van der Waals surface area contributed by atoms with Gasteiger partial charge in [-0.15, -0.1) is 0 Å². The lowest BCUT2D eigenvalue weighted by atomic mass is 10.2. The Morgan fingerprint density at radius 1 is 1.42 bits per heavy atom. The van der Waals surface area contributed by atoms with Crippen LogP contribution >= 0.6 is 11.6 Å². The van der Waals surface area contributed by atoms with Crippen LogP contribution in [-0.2, 0) is 16.1 Å². The lowest BCUT2D eigenvalue weighted by Crippen LogP contribution is -2.22. The molecule has 0 bridgehead atoms. The van der Waals surface area contributed by atoms with Crippen LogP contribution in [0.25, 0.3) is 0 Å². The molecular formula is C14H20ClNO3. The summed E-state index contributed by atoms with van der Waals surface area (Å²) in [5, 5.41) is 3.93. The maximum absolute atomic E-state index is 11.3. The molecule has 0 spiro atoms. The lowest BCUT2D eigenvalue weighted by molar-refractivity contribution is -0.145. The normalized spacial score (nSPS) is 10.6. The van der Waals surface area contributed by atoms with Crippen LogP contribution in [0.5, 0.6) is 5.75 Å². The van der Waals surface area contributed by atoms with Gasteiger partial charge in [-0.25, -0.2) is 4.79 Å². The minimum atomic E-state index is -0.375. The molecule has 0 saturated carbocycles. The van der Waals surface area contributed by atoms with Gasteiger partial charge in [0.25, 0.3) is 0 Å². The van der Waals surface area contributed by atoms with Gasteiger partial charge in [0, 0.05) is 23.2 Å². The van der Waals surface area contributed by atoms with E-state index in [9.17, 15) is 4.79 Å². The van der Waals surface area contributed by atoms with E-state index in [4.69, 9.17) is 21.1 Å². The van der Waals surface area contributed by atoms with E-state index in [0.717, 1.165) is 5.56 Å². The van der Waals surface area contributed by atoms with Gasteiger partial charge in [0.15, 0.2) is 6.61 Å². The number of nitrogens with one attached hydrogen (secondary N) is 1. The third-order valence-corrected chi connectivity index (χ3v) is 2.61. The zero-order valence-electron chi connectivity index (χ0n) is 11.5. The Labute approximate surface area is 119 Å². The van der Waals surface area contributed by atoms with E-state index in [0.29, 0.717) is 30.0 Å². The molecule has 0 aliphatic heterocycles. The van der Waals surface area contributed by atoms with E-state index in [1.54, 1.807) is 19.1 Å². The predicted molar refractivity (Wildman–Crippen MR) is 75.6 cm³/mol. The average Bonchev–Trinajstić information content (AvgIpc) is 2.35. The van der Waals surface area contributed by atoms with Crippen LogP contribution in [0.15, 0.2) is 18.2 Å². The molecule has 1 aromatic carbocycles. The topological polar surface area (TPSA) is 47.6 Å². The highest BCUT2D eigenvalue weighted by atomic mass is 35.5. The SMILES string of the molecule is CCOC(=O)COc1ccc(Cl)cc1CNC(C)C. The standard InChI is InChI=1S/C14H20ClNO3/c1-4-18-14(17)9-19-13-6-5-12(15)7-11(13)8-16-10(2)3/h5-7,10,16H,4,8-9H2,1-3H3. The molecule has 1 aromatic rings. The number of carbonyl (C=O) groups is 1. The molecule has 106 valence electrons. The molecule has 0 aliphatic rings. The molecule has 1 rings (SSSR count). The molecule has 1 N–H and O–H groups in total. The first kappa shape index (κ1) is 15.8. The van der Waals surface area contributed by atoms with Gasteiger partial charge in [0.2, 0.25) is 0 Å². The minimum absolute atomic E-state index is 0.0931. The maximum atomic E-state index is 11.3. The summed E-state index contributed by atoms with van der Waals surface area (Å²) >= 11 is 5.97. The fourth-order valence-corrected chi connectivity index (χ4v) is 1.68. The smallest absolute Gasteiger partial charge is 0.344 e. The highest BCUT2D eigenvalue weighted by Crippen LogP contribution is 2.23. The van der Waals surface area contributed by atoms with Crippen molar-refractivity contribution in [1.82, 2.24) is 5.32 Å². The summed E-state index contributed by atoms with van der Waals surface area (Å²) in [6, 6.07) is 5.69. The van der Waals surface area contributed by atoms with Crippen LogP contribution in [0, 0.1) is 0 Å². The molecule has 0 aromatic heterocycles. The molecule has 0 atom stereocenters. The van der Waals surface area contributed by atoms with Gasteiger partial charge < -0.3 is 14.8 Å². The Hall–Kier alpha value is -1.26. The van der Waals surface area contributed by atoms with E-state index in [1.165, 1.54) is 0 Å². The molecule has 0 amide bonds. The highest BCUT2D eigenvalue weighted by molar-refractivity contribution is 6.30. The summed E-state index contributed by atoms with van der Waals surface area (Å²) in [6.45, 7) is 6.77. The molecule has 0 radical (unpaired) electrons. The average molecular weight is 286 g/mol. The Balaban J connectivity index is 2.67. The summed E-state index contributed by atoms with van der Waals surface area (Å²) in [4.78, 5) is 11.3. The Morgan fingerprint density at radius 2 is 2.16 bits per heavy atom. The molecule has 0 aliphatic carbocycles. The van der Waals surface area contributed by atoms with Crippen molar-refractivity contribution in [2.24, 2.45) is 0 Å². The Bertz CT molecular complexity index is 421. The summed E-state index contributed by atoms with van der Waals surface area (Å²) in [6.07, 6.45) is 0. The zero-order chi connectivity index (χ0) is 14.3. The van der Waals surface area contributed by atoms with Crippen molar-refractivity contribution < 1.29 is 14.3 Å². The largest absolute Gasteiger partial charge is 0.482 e. The van der Waals surface area contributed by atoms with E-state index in [2.05, 4.69) is 19.2 Å². The Kier molecular flexibility index (Phi) is 6.67. The second kappa shape index (κ2) is 8.02. The van der Waals surface area contributed by atoms with Crippen molar-refractivity contribution in [3.05, 3.63) is 28.8 Å². The molecule has 19 heavy (non-hydrogen) atoms. The van der Waals surface area contributed by atoms with Crippen LogP contribution < -0.4 is 10.1 Å². The maximum Gasteiger partial charge on any atom is 0.344 e. The van der Waals surface area contributed by atoms with Crippen molar-refractivity contribution in [3.63, 3.8) is 0 Å². The van der Waals surface area contributed by atoms with Crippen LogP contribution in [-0.4, -0.2) is 25.2 Å². The fourth-order valence-electron chi connectivity index (χ4n) is 1.48. The quantitative estimate of drug-likeness (QED) is 0.783. The number of rotatable bonds is 7. The first-order valence-electron chi connectivity index (χ1n) is 6.33. The molecule has 4 nitrogen and oxygen atoms in total. The van der Waals surface area contributed by atoms with Crippen LogP contribution in [0.1, 0.15) is 26.3 Å². The highest BCUT2D eigenvalue weighted by Gasteiger charge is 2.08. The number of benzene rings is 1. The van der Waals surface area contributed by atoms with Crippen molar-refractivity contribution in [1.29, 1.82) is 0 Å². The van der Waals surface area contributed by atoms with Crippen LogP contribution in [0.3, 0.4) is 0 Å².